The molecule has 0 unspecified atom stereocenters. The normalized spacial score (nSPS) is 11.5. The van der Waals surface area contributed by atoms with Gasteiger partial charge in [0.05, 0.1) is 5.56 Å². The number of alkyl halides is 3. The molecule has 7 heteroatoms. The van der Waals surface area contributed by atoms with E-state index in [2.05, 4.69) is 0 Å². The fraction of sp³-hybridized carbons (Fsp3) is 0.0714. The lowest BCUT2D eigenvalue weighted by Crippen LogP contribution is -2.11. The van der Waals surface area contributed by atoms with Crippen molar-refractivity contribution in [2.45, 2.75) is 6.18 Å². The van der Waals surface area contributed by atoms with Crippen molar-refractivity contribution in [3.05, 3.63) is 70.5 Å². The lowest BCUT2D eigenvalue weighted by Gasteiger charge is -2.09. The minimum atomic E-state index is -4.98. The average molecular weight is 304 g/mol. The van der Waals surface area contributed by atoms with Crippen LogP contribution in [0.5, 0.6) is 0 Å². The topological polar surface area (TPSA) is 17.1 Å². The fourth-order valence-corrected chi connectivity index (χ4v) is 1.74. The molecule has 0 saturated heterocycles. The lowest BCUT2D eigenvalue weighted by atomic mass is 10.0. The highest BCUT2D eigenvalue weighted by molar-refractivity contribution is 6.09. The highest BCUT2D eigenvalue weighted by Gasteiger charge is 2.34. The Labute approximate surface area is 114 Å². The van der Waals surface area contributed by atoms with Crippen LogP contribution in [0.15, 0.2) is 36.4 Å². The van der Waals surface area contributed by atoms with Gasteiger partial charge in [-0.15, -0.1) is 0 Å². The molecule has 0 spiro atoms. The Balaban J connectivity index is 2.49. The van der Waals surface area contributed by atoms with Gasteiger partial charge in [0.1, 0.15) is 17.5 Å². The molecule has 21 heavy (non-hydrogen) atoms. The van der Waals surface area contributed by atoms with Gasteiger partial charge in [0.15, 0.2) is 5.78 Å². The smallest absolute Gasteiger partial charge is 0.289 e. The van der Waals surface area contributed by atoms with Crippen molar-refractivity contribution in [2.75, 3.05) is 0 Å². The monoisotopic (exact) mass is 304 g/mol. The Bertz CT molecular complexity index is 685. The van der Waals surface area contributed by atoms with Gasteiger partial charge in [0.25, 0.3) is 0 Å². The molecule has 2 aromatic rings. The number of carbonyl (C=O) groups excluding carboxylic acids is 1. The van der Waals surface area contributed by atoms with E-state index in [9.17, 15) is 31.1 Å². The second-order valence-electron chi connectivity index (χ2n) is 4.18. The Hall–Kier alpha value is -2.31. The molecule has 0 amide bonds. The van der Waals surface area contributed by atoms with Crippen LogP contribution in [0.2, 0.25) is 0 Å². The molecule has 0 N–H and O–H groups in total. The largest absolute Gasteiger partial charge is 0.419 e. The average Bonchev–Trinajstić information content (AvgIpc) is 2.36. The lowest BCUT2D eigenvalue weighted by molar-refractivity contribution is -0.140. The Morgan fingerprint density at radius 3 is 1.90 bits per heavy atom. The van der Waals surface area contributed by atoms with Crippen molar-refractivity contribution in [1.29, 1.82) is 0 Å². The second-order valence-corrected chi connectivity index (χ2v) is 4.18. The molecule has 110 valence electrons. The minimum Gasteiger partial charge on any atom is -0.289 e. The number of hydrogen-bond acceptors (Lipinski definition) is 1. The summed E-state index contributed by atoms with van der Waals surface area (Å²) in [4.78, 5) is 11.9. The van der Waals surface area contributed by atoms with E-state index in [1.54, 1.807) is 0 Å². The van der Waals surface area contributed by atoms with Crippen molar-refractivity contribution in [1.82, 2.24) is 0 Å². The highest BCUT2D eigenvalue weighted by atomic mass is 19.4. The third kappa shape index (κ3) is 3.24. The molecule has 1 nitrogen and oxygen atoms in total. The van der Waals surface area contributed by atoms with Crippen LogP contribution in [0.4, 0.5) is 26.3 Å². The Morgan fingerprint density at radius 1 is 0.810 bits per heavy atom. The molecule has 0 heterocycles. The van der Waals surface area contributed by atoms with Gasteiger partial charge in [0.2, 0.25) is 0 Å². The predicted octanol–water partition coefficient (Wildman–Crippen LogP) is 4.35. The summed E-state index contributed by atoms with van der Waals surface area (Å²) in [7, 11) is 0. The summed E-state index contributed by atoms with van der Waals surface area (Å²) >= 11 is 0. The number of hydrogen-bond donors (Lipinski definition) is 0. The maximum Gasteiger partial charge on any atom is 0.419 e. The Morgan fingerprint density at radius 2 is 1.38 bits per heavy atom. The van der Waals surface area contributed by atoms with Crippen molar-refractivity contribution >= 4 is 5.78 Å². The maximum atomic E-state index is 13.1. The molecule has 0 aromatic heterocycles. The summed E-state index contributed by atoms with van der Waals surface area (Å²) in [5, 5.41) is 0. The molecule has 0 saturated carbocycles. The minimum absolute atomic E-state index is 0.306. The van der Waals surface area contributed by atoms with E-state index in [0.717, 1.165) is 6.07 Å². The molecule has 0 fully saturated rings. The summed E-state index contributed by atoms with van der Waals surface area (Å²) < 4.78 is 76.8. The van der Waals surface area contributed by atoms with Crippen LogP contribution in [0.1, 0.15) is 21.5 Å². The van der Waals surface area contributed by atoms with Gasteiger partial charge in [-0.05, 0) is 30.3 Å². The third-order valence-corrected chi connectivity index (χ3v) is 2.66. The van der Waals surface area contributed by atoms with E-state index >= 15 is 0 Å². The molecule has 0 atom stereocenters. The van der Waals surface area contributed by atoms with E-state index in [4.69, 9.17) is 0 Å². The van der Waals surface area contributed by atoms with Gasteiger partial charge in [0, 0.05) is 17.2 Å². The first kappa shape index (κ1) is 15.1. The summed E-state index contributed by atoms with van der Waals surface area (Å²) in [6.45, 7) is 0. The predicted molar refractivity (Wildman–Crippen MR) is 61.2 cm³/mol. The number of halogens is 6. The van der Waals surface area contributed by atoms with Crippen molar-refractivity contribution in [3.63, 3.8) is 0 Å². The number of benzene rings is 2. The highest BCUT2D eigenvalue weighted by Crippen LogP contribution is 2.32. The van der Waals surface area contributed by atoms with Crippen LogP contribution in [0, 0.1) is 17.5 Å². The van der Waals surface area contributed by atoms with E-state index in [1.807, 2.05) is 0 Å². The van der Waals surface area contributed by atoms with Gasteiger partial charge >= 0.3 is 6.18 Å². The van der Waals surface area contributed by atoms with Crippen LogP contribution in [-0.4, -0.2) is 5.78 Å². The standard InChI is InChI=1S/C14H6F6O/c15-9-3-8(4-10(16)6-9)13(21)7-1-2-12(17)11(5-7)14(18,19)20/h1-6H. The van der Waals surface area contributed by atoms with Crippen LogP contribution in [-0.2, 0) is 6.18 Å². The van der Waals surface area contributed by atoms with E-state index in [-0.39, 0.29) is 0 Å². The Kier molecular flexibility index (Phi) is 3.76. The zero-order valence-corrected chi connectivity index (χ0v) is 10.1. The van der Waals surface area contributed by atoms with Gasteiger partial charge in [-0.25, -0.2) is 13.2 Å². The molecule has 0 radical (unpaired) electrons. The van der Waals surface area contributed by atoms with E-state index in [0.29, 0.717) is 30.3 Å². The number of carbonyl (C=O) groups is 1. The van der Waals surface area contributed by atoms with Crippen LogP contribution < -0.4 is 0 Å². The summed E-state index contributed by atoms with van der Waals surface area (Å²) in [6, 6.07) is 3.48. The van der Waals surface area contributed by atoms with E-state index in [1.165, 1.54) is 0 Å². The van der Waals surface area contributed by atoms with Crippen molar-refractivity contribution < 1.29 is 31.1 Å². The molecule has 0 aliphatic heterocycles. The fourth-order valence-electron chi connectivity index (χ4n) is 1.74. The molecule has 0 bridgehead atoms. The molecule has 2 aromatic carbocycles. The molecular formula is C14H6F6O. The zero-order chi connectivity index (χ0) is 15.8. The van der Waals surface area contributed by atoms with Gasteiger partial charge in [-0.2, -0.15) is 13.2 Å². The van der Waals surface area contributed by atoms with Crippen molar-refractivity contribution in [2.24, 2.45) is 0 Å². The first-order valence-electron chi connectivity index (χ1n) is 5.56. The van der Waals surface area contributed by atoms with Gasteiger partial charge in [-0.3, -0.25) is 4.79 Å². The number of ketones is 1. The second kappa shape index (κ2) is 5.23. The molecular weight excluding hydrogens is 298 g/mol. The molecule has 0 aliphatic rings. The van der Waals surface area contributed by atoms with E-state index < -0.39 is 46.1 Å². The molecule has 2 rings (SSSR count). The number of rotatable bonds is 2. The quantitative estimate of drug-likeness (QED) is 0.595. The van der Waals surface area contributed by atoms with Crippen LogP contribution >= 0.6 is 0 Å². The summed E-state index contributed by atoms with van der Waals surface area (Å²) in [6.07, 6.45) is -4.98. The molecule has 0 aliphatic carbocycles. The van der Waals surface area contributed by atoms with Gasteiger partial charge in [-0.1, -0.05) is 0 Å². The van der Waals surface area contributed by atoms with Crippen LogP contribution in [0.3, 0.4) is 0 Å². The first-order valence-corrected chi connectivity index (χ1v) is 5.56. The first-order chi connectivity index (χ1) is 9.68. The zero-order valence-electron chi connectivity index (χ0n) is 10.1. The SMILES string of the molecule is O=C(c1cc(F)cc(F)c1)c1ccc(F)c(C(F)(F)F)c1. The van der Waals surface area contributed by atoms with Gasteiger partial charge < -0.3 is 0 Å². The summed E-state index contributed by atoms with van der Waals surface area (Å²) in [5.74, 6) is -4.67. The summed E-state index contributed by atoms with van der Waals surface area (Å²) in [5.41, 5.74) is -2.61. The van der Waals surface area contributed by atoms with Crippen molar-refractivity contribution in [3.8, 4) is 0 Å². The maximum absolute atomic E-state index is 13.1. The van der Waals surface area contributed by atoms with Crippen LogP contribution in [0.25, 0.3) is 0 Å². The third-order valence-electron chi connectivity index (χ3n) is 2.66.